The van der Waals surface area contributed by atoms with Gasteiger partial charge in [-0.3, -0.25) is 0 Å². The third kappa shape index (κ3) is 1.88. The number of carbonyl (C=O) groups excluding carboxylic acids is 1. The van der Waals surface area contributed by atoms with Gasteiger partial charge in [-0.2, -0.15) is 0 Å². The van der Waals surface area contributed by atoms with E-state index in [9.17, 15) is 4.79 Å². The van der Waals surface area contributed by atoms with Crippen LogP contribution in [0.3, 0.4) is 0 Å². The van der Waals surface area contributed by atoms with Crippen molar-refractivity contribution in [2.24, 2.45) is 5.73 Å². The molecule has 0 saturated carbocycles. The lowest BCUT2D eigenvalue weighted by Crippen LogP contribution is -2.22. The number of benzene rings is 1. The highest BCUT2D eigenvalue weighted by atomic mass is 35.5. The van der Waals surface area contributed by atoms with Gasteiger partial charge in [0.05, 0.1) is 11.0 Å². The van der Waals surface area contributed by atoms with Gasteiger partial charge in [-0.15, -0.1) is 12.4 Å². The lowest BCUT2D eigenvalue weighted by atomic mass is 10.2. The maximum Gasteiger partial charge on any atom is 0.324 e. The molecular weight excluding hydrogens is 226 g/mol. The Balaban J connectivity index is 0.00000128. The molecule has 0 aliphatic heterocycles. The van der Waals surface area contributed by atoms with Gasteiger partial charge in [0.1, 0.15) is 5.82 Å². The number of nitrogens with two attached hydrogens (primary N) is 1. The molecular formula is C11H14ClN3O. The largest absolute Gasteiger partial charge is 0.351 e. The predicted octanol–water partition coefficient (Wildman–Crippen LogP) is 2.51. The molecule has 0 spiro atoms. The first kappa shape index (κ1) is 12.5. The van der Waals surface area contributed by atoms with Crippen molar-refractivity contribution >= 4 is 29.5 Å². The first-order valence-electron chi connectivity index (χ1n) is 4.88. The lowest BCUT2D eigenvalue weighted by molar-refractivity contribution is 0.250. The van der Waals surface area contributed by atoms with Crippen LogP contribution >= 0.6 is 12.4 Å². The second kappa shape index (κ2) is 4.53. The number of amides is 1. The highest BCUT2D eigenvalue weighted by molar-refractivity contribution is 5.89. The van der Waals surface area contributed by atoms with Gasteiger partial charge in [0.2, 0.25) is 0 Å². The van der Waals surface area contributed by atoms with Crippen LogP contribution in [0.25, 0.3) is 11.0 Å². The average molecular weight is 240 g/mol. The molecule has 0 bridgehead atoms. The molecule has 0 unspecified atom stereocenters. The van der Waals surface area contributed by atoms with Gasteiger partial charge in [0.25, 0.3) is 0 Å². The Morgan fingerprint density at radius 3 is 2.56 bits per heavy atom. The lowest BCUT2D eigenvalue weighted by Gasteiger charge is -2.06. The minimum absolute atomic E-state index is 0. The number of carbonyl (C=O) groups is 1. The van der Waals surface area contributed by atoms with E-state index in [-0.39, 0.29) is 18.3 Å². The number of imidazole rings is 1. The van der Waals surface area contributed by atoms with E-state index in [1.807, 2.05) is 38.1 Å². The second-order valence-electron chi connectivity index (χ2n) is 3.79. The molecule has 0 fully saturated rings. The Bertz CT molecular complexity index is 519. The molecule has 1 aromatic carbocycles. The van der Waals surface area contributed by atoms with Gasteiger partial charge < -0.3 is 5.73 Å². The number of para-hydroxylation sites is 2. The third-order valence-electron chi connectivity index (χ3n) is 2.32. The van der Waals surface area contributed by atoms with Crippen LogP contribution in [-0.4, -0.2) is 15.6 Å². The Kier molecular flexibility index (Phi) is 3.55. The van der Waals surface area contributed by atoms with Crippen molar-refractivity contribution in [3.8, 4) is 0 Å². The summed E-state index contributed by atoms with van der Waals surface area (Å²) in [4.78, 5) is 15.7. The van der Waals surface area contributed by atoms with E-state index < -0.39 is 6.03 Å². The van der Waals surface area contributed by atoms with Crippen molar-refractivity contribution in [1.29, 1.82) is 0 Å². The third-order valence-corrected chi connectivity index (χ3v) is 2.32. The fourth-order valence-electron chi connectivity index (χ4n) is 1.66. The number of primary amides is 1. The maximum absolute atomic E-state index is 11.3. The van der Waals surface area contributed by atoms with Crippen LogP contribution in [0.4, 0.5) is 4.79 Å². The molecule has 0 aliphatic carbocycles. The van der Waals surface area contributed by atoms with Crippen molar-refractivity contribution < 1.29 is 4.79 Å². The molecule has 0 atom stereocenters. The van der Waals surface area contributed by atoms with Crippen molar-refractivity contribution in [3.05, 3.63) is 30.1 Å². The van der Waals surface area contributed by atoms with Gasteiger partial charge in [0.15, 0.2) is 0 Å². The molecule has 16 heavy (non-hydrogen) atoms. The van der Waals surface area contributed by atoms with Gasteiger partial charge >= 0.3 is 6.03 Å². The molecule has 0 aliphatic rings. The van der Waals surface area contributed by atoms with E-state index in [1.54, 1.807) is 0 Å². The molecule has 1 amide bonds. The van der Waals surface area contributed by atoms with Crippen molar-refractivity contribution in [2.45, 2.75) is 19.8 Å². The molecule has 2 rings (SSSR count). The molecule has 0 radical (unpaired) electrons. The summed E-state index contributed by atoms with van der Waals surface area (Å²) in [6.07, 6.45) is 0. The second-order valence-corrected chi connectivity index (χ2v) is 3.79. The fraction of sp³-hybridized carbons (Fsp3) is 0.273. The highest BCUT2D eigenvalue weighted by Crippen LogP contribution is 2.20. The average Bonchev–Trinajstić information content (AvgIpc) is 2.56. The van der Waals surface area contributed by atoms with E-state index in [4.69, 9.17) is 5.73 Å². The summed E-state index contributed by atoms with van der Waals surface area (Å²) in [5.41, 5.74) is 6.92. The minimum Gasteiger partial charge on any atom is -0.351 e. The molecule has 2 N–H and O–H groups in total. The summed E-state index contributed by atoms with van der Waals surface area (Å²) < 4.78 is 1.47. The summed E-state index contributed by atoms with van der Waals surface area (Å²) in [5.74, 6) is 0.883. The summed E-state index contributed by atoms with van der Waals surface area (Å²) in [6, 6.07) is 7.00. The van der Waals surface area contributed by atoms with Crippen molar-refractivity contribution in [3.63, 3.8) is 0 Å². The summed E-state index contributed by atoms with van der Waals surface area (Å²) >= 11 is 0. The van der Waals surface area contributed by atoms with Gasteiger partial charge in [-0.05, 0) is 12.1 Å². The van der Waals surface area contributed by atoms with Crippen LogP contribution in [0.1, 0.15) is 25.6 Å². The van der Waals surface area contributed by atoms with Crippen molar-refractivity contribution in [1.82, 2.24) is 9.55 Å². The first-order chi connectivity index (χ1) is 7.11. The van der Waals surface area contributed by atoms with E-state index in [2.05, 4.69) is 4.98 Å². The van der Waals surface area contributed by atoms with Gasteiger partial charge in [-0.1, -0.05) is 26.0 Å². The SMILES string of the molecule is CC(C)c1nc2ccccc2n1C(N)=O.Cl. The summed E-state index contributed by atoms with van der Waals surface area (Å²) in [6.45, 7) is 3.97. The number of aromatic nitrogens is 2. The molecule has 0 saturated heterocycles. The predicted molar refractivity (Wildman–Crippen MR) is 66.1 cm³/mol. The van der Waals surface area contributed by atoms with E-state index in [1.165, 1.54) is 4.57 Å². The Labute approximate surface area is 99.9 Å². The number of hydrogen-bond donors (Lipinski definition) is 1. The van der Waals surface area contributed by atoms with E-state index in [0.717, 1.165) is 11.0 Å². The van der Waals surface area contributed by atoms with Crippen molar-refractivity contribution in [2.75, 3.05) is 0 Å². The fourth-order valence-corrected chi connectivity index (χ4v) is 1.66. The maximum atomic E-state index is 11.3. The van der Waals surface area contributed by atoms with Crippen LogP contribution in [0.2, 0.25) is 0 Å². The molecule has 86 valence electrons. The molecule has 5 heteroatoms. The number of rotatable bonds is 1. The zero-order chi connectivity index (χ0) is 11.0. The van der Waals surface area contributed by atoms with Crippen LogP contribution in [0, 0.1) is 0 Å². The molecule has 1 heterocycles. The highest BCUT2D eigenvalue weighted by Gasteiger charge is 2.16. The standard InChI is InChI=1S/C11H13N3O.ClH/c1-7(2)10-13-8-5-3-4-6-9(8)14(10)11(12)15;/h3-7H,1-2H3,(H2,12,15);1H. The van der Waals surface area contributed by atoms with Crippen LogP contribution in [-0.2, 0) is 0 Å². The zero-order valence-corrected chi connectivity index (χ0v) is 9.99. The molecule has 2 aromatic rings. The monoisotopic (exact) mass is 239 g/mol. The van der Waals surface area contributed by atoms with Gasteiger partial charge in [-0.25, -0.2) is 14.3 Å². The quantitative estimate of drug-likeness (QED) is 0.831. The topological polar surface area (TPSA) is 60.9 Å². The smallest absolute Gasteiger partial charge is 0.324 e. The molecule has 4 nitrogen and oxygen atoms in total. The first-order valence-corrected chi connectivity index (χ1v) is 4.88. The minimum atomic E-state index is -0.479. The number of fused-ring (bicyclic) bond motifs is 1. The molecule has 1 aromatic heterocycles. The summed E-state index contributed by atoms with van der Waals surface area (Å²) in [7, 11) is 0. The van der Waals surface area contributed by atoms with Crippen LogP contribution < -0.4 is 5.73 Å². The number of hydrogen-bond acceptors (Lipinski definition) is 2. The number of halogens is 1. The summed E-state index contributed by atoms with van der Waals surface area (Å²) in [5, 5.41) is 0. The van der Waals surface area contributed by atoms with E-state index in [0.29, 0.717) is 5.82 Å². The Morgan fingerprint density at radius 2 is 2.00 bits per heavy atom. The Morgan fingerprint density at radius 1 is 1.38 bits per heavy atom. The zero-order valence-electron chi connectivity index (χ0n) is 9.18. The number of nitrogens with zero attached hydrogens (tertiary/aromatic N) is 2. The normalized spacial score (nSPS) is 10.4. The van der Waals surface area contributed by atoms with E-state index >= 15 is 0 Å². The Hall–Kier alpha value is -1.55. The van der Waals surface area contributed by atoms with Crippen LogP contribution in [0.15, 0.2) is 24.3 Å². The van der Waals surface area contributed by atoms with Gasteiger partial charge in [0, 0.05) is 5.92 Å². The van der Waals surface area contributed by atoms with Crippen LogP contribution in [0.5, 0.6) is 0 Å².